The fourth-order valence-corrected chi connectivity index (χ4v) is 3.60. The van der Waals surface area contributed by atoms with Gasteiger partial charge in [-0.15, -0.1) is 11.3 Å². The Morgan fingerprint density at radius 2 is 1.81 bits per heavy atom. The van der Waals surface area contributed by atoms with Gasteiger partial charge in [0.1, 0.15) is 5.01 Å². The predicted molar refractivity (Wildman–Crippen MR) is 108 cm³/mol. The summed E-state index contributed by atoms with van der Waals surface area (Å²) in [6.45, 7) is 1.56. The van der Waals surface area contributed by atoms with E-state index in [9.17, 15) is 4.79 Å². The Hall–Kier alpha value is -2.21. The maximum atomic E-state index is 11.6. The Labute approximate surface area is 162 Å². The predicted octanol–water partition coefficient (Wildman–Crippen LogP) is 4.46. The number of thiazole rings is 1. The Morgan fingerprint density at radius 3 is 2.46 bits per heavy atom. The van der Waals surface area contributed by atoms with Crippen molar-refractivity contribution in [1.29, 1.82) is 0 Å². The average molecular weight is 386 g/mol. The lowest BCUT2D eigenvalue weighted by molar-refractivity contribution is 0.0963. The summed E-state index contributed by atoms with van der Waals surface area (Å²) in [5, 5.41) is 6.45. The molecule has 134 valence electrons. The molecule has 0 saturated carbocycles. The van der Waals surface area contributed by atoms with Crippen LogP contribution in [-0.4, -0.2) is 29.9 Å². The van der Waals surface area contributed by atoms with Gasteiger partial charge in [0.05, 0.1) is 5.69 Å². The van der Waals surface area contributed by atoms with Crippen LogP contribution in [0.15, 0.2) is 53.9 Å². The number of carbonyl (C=O) groups is 1. The molecule has 0 saturated heterocycles. The van der Waals surface area contributed by atoms with Crippen LogP contribution in [-0.2, 0) is 13.1 Å². The van der Waals surface area contributed by atoms with Gasteiger partial charge < -0.3 is 5.32 Å². The molecule has 0 aliphatic carbocycles. The second-order valence-electron chi connectivity index (χ2n) is 6.10. The van der Waals surface area contributed by atoms with Gasteiger partial charge in [-0.2, -0.15) is 0 Å². The molecular formula is C20H20ClN3OS. The van der Waals surface area contributed by atoms with E-state index in [4.69, 9.17) is 16.6 Å². The number of carbonyl (C=O) groups excluding carboxylic acids is 1. The molecule has 4 nitrogen and oxygen atoms in total. The Bertz CT molecular complexity index is 875. The second kappa shape index (κ2) is 8.45. The monoisotopic (exact) mass is 385 g/mol. The van der Waals surface area contributed by atoms with Crippen LogP contribution in [0.5, 0.6) is 0 Å². The molecule has 0 aliphatic rings. The Balaban J connectivity index is 1.60. The molecule has 0 atom stereocenters. The third-order valence-corrected chi connectivity index (χ3v) is 5.16. The highest BCUT2D eigenvalue weighted by Gasteiger charge is 2.09. The normalized spacial score (nSPS) is 10.9. The number of hydrogen-bond donors (Lipinski definition) is 1. The van der Waals surface area contributed by atoms with Crippen LogP contribution in [0.1, 0.15) is 21.6 Å². The fourth-order valence-electron chi connectivity index (χ4n) is 2.65. The SMILES string of the molecule is CNC(=O)c1ccc(CN(C)Cc2csc(-c3ccc(Cl)cc3)n2)cc1. The molecular weight excluding hydrogens is 366 g/mol. The van der Waals surface area contributed by atoms with Crippen molar-refractivity contribution in [2.24, 2.45) is 0 Å². The van der Waals surface area contributed by atoms with E-state index in [1.54, 1.807) is 18.4 Å². The zero-order valence-electron chi connectivity index (χ0n) is 14.7. The highest BCUT2D eigenvalue weighted by molar-refractivity contribution is 7.13. The first-order chi connectivity index (χ1) is 12.5. The molecule has 0 aliphatic heterocycles. The average Bonchev–Trinajstić information content (AvgIpc) is 3.10. The van der Waals surface area contributed by atoms with Crippen LogP contribution in [0, 0.1) is 0 Å². The van der Waals surface area contributed by atoms with Crippen LogP contribution in [0.4, 0.5) is 0 Å². The third kappa shape index (κ3) is 4.69. The quantitative estimate of drug-likeness (QED) is 0.681. The van der Waals surface area contributed by atoms with Crippen molar-refractivity contribution in [1.82, 2.24) is 15.2 Å². The molecule has 0 spiro atoms. The number of hydrogen-bond acceptors (Lipinski definition) is 4. The summed E-state index contributed by atoms with van der Waals surface area (Å²) in [5.74, 6) is -0.0675. The van der Waals surface area contributed by atoms with E-state index in [2.05, 4.69) is 22.6 Å². The van der Waals surface area contributed by atoms with Crippen molar-refractivity contribution in [2.75, 3.05) is 14.1 Å². The molecule has 2 aromatic carbocycles. The van der Waals surface area contributed by atoms with Crippen LogP contribution in [0.25, 0.3) is 10.6 Å². The topological polar surface area (TPSA) is 45.2 Å². The largest absolute Gasteiger partial charge is 0.355 e. The lowest BCUT2D eigenvalue weighted by atomic mass is 10.1. The van der Waals surface area contributed by atoms with Gasteiger partial charge in [0, 0.05) is 41.7 Å². The summed E-state index contributed by atoms with van der Waals surface area (Å²) in [5.41, 5.74) is 3.96. The molecule has 26 heavy (non-hydrogen) atoms. The van der Waals surface area contributed by atoms with E-state index < -0.39 is 0 Å². The summed E-state index contributed by atoms with van der Waals surface area (Å²) in [7, 11) is 3.70. The standard InChI is InChI=1S/C20H20ClN3OS/c1-22-19(25)15-5-3-14(4-6-15)11-24(2)12-18-13-26-20(23-18)16-7-9-17(21)10-8-16/h3-10,13H,11-12H2,1-2H3,(H,22,25). The minimum Gasteiger partial charge on any atom is -0.355 e. The smallest absolute Gasteiger partial charge is 0.251 e. The molecule has 3 aromatic rings. The van der Waals surface area contributed by atoms with Crippen molar-refractivity contribution >= 4 is 28.8 Å². The molecule has 1 heterocycles. The molecule has 0 unspecified atom stereocenters. The van der Waals surface area contributed by atoms with Crippen molar-refractivity contribution < 1.29 is 4.79 Å². The lowest BCUT2D eigenvalue weighted by Gasteiger charge is -2.15. The van der Waals surface area contributed by atoms with E-state index in [1.165, 1.54) is 0 Å². The highest BCUT2D eigenvalue weighted by Crippen LogP contribution is 2.25. The highest BCUT2D eigenvalue weighted by atomic mass is 35.5. The molecule has 1 amide bonds. The zero-order valence-corrected chi connectivity index (χ0v) is 16.3. The second-order valence-corrected chi connectivity index (χ2v) is 7.39. The first-order valence-corrected chi connectivity index (χ1v) is 9.51. The number of aromatic nitrogens is 1. The molecule has 0 fully saturated rings. The van der Waals surface area contributed by atoms with Crippen molar-refractivity contribution in [2.45, 2.75) is 13.1 Å². The van der Waals surface area contributed by atoms with Gasteiger partial charge in [-0.05, 0) is 36.9 Å². The van der Waals surface area contributed by atoms with E-state index in [0.717, 1.165) is 39.9 Å². The Kier molecular flexibility index (Phi) is 6.04. The van der Waals surface area contributed by atoms with E-state index in [0.29, 0.717) is 5.56 Å². The van der Waals surface area contributed by atoms with Crippen LogP contribution in [0.3, 0.4) is 0 Å². The van der Waals surface area contributed by atoms with E-state index in [1.807, 2.05) is 48.5 Å². The number of nitrogens with one attached hydrogen (secondary N) is 1. The molecule has 0 radical (unpaired) electrons. The van der Waals surface area contributed by atoms with Crippen molar-refractivity contribution in [3.8, 4) is 10.6 Å². The fraction of sp³-hybridized carbons (Fsp3) is 0.200. The summed E-state index contributed by atoms with van der Waals surface area (Å²) in [4.78, 5) is 18.5. The molecule has 6 heteroatoms. The molecule has 1 N–H and O–H groups in total. The number of amides is 1. The zero-order chi connectivity index (χ0) is 18.5. The summed E-state index contributed by atoms with van der Waals surface area (Å²) in [6, 6.07) is 15.4. The summed E-state index contributed by atoms with van der Waals surface area (Å²) in [6.07, 6.45) is 0. The minimum absolute atomic E-state index is 0.0675. The van der Waals surface area contributed by atoms with Crippen LogP contribution < -0.4 is 5.32 Å². The van der Waals surface area contributed by atoms with Crippen molar-refractivity contribution in [3.63, 3.8) is 0 Å². The molecule has 0 bridgehead atoms. The Morgan fingerprint density at radius 1 is 1.12 bits per heavy atom. The number of nitrogens with zero attached hydrogens (tertiary/aromatic N) is 2. The first kappa shape index (κ1) is 18.6. The number of benzene rings is 2. The van der Waals surface area contributed by atoms with Gasteiger partial charge in [-0.25, -0.2) is 4.98 Å². The minimum atomic E-state index is -0.0675. The van der Waals surface area contributed by atoms with E-state index in [-0.39, 0.29) is 5.91 Å². The summed E-state index contributed by atoms with van der Waals surface area (Å²) < 4.78 is 0. The third-order valence-electron chi connectivity index (χ3n) is 3.97. The maximum Gasteiger partial charge on any atom is 0.251 e. The van der Waals surface area contributed by atoms with Gasteiger partial charge in [0.2, 0.25) is 0 Å². The number of halogens is 1. The van der Waals surface area contributed by atoms with Crippen molar-refractivity contribution in [3.05, 3.63) is 75.8 Å². The first-order valence-electron chi connectivity index (χ1n) is 8.25. The van der Waals surface area contributed by atoms with Gasteiger partial charge in [0.15, 0.2) is 0 Å². The lowest BCUT2D eigenvalue weighted by Crippen LogP contribution is -2.19. The van der Waals surface area contributed by atoms with Gasteiger partial charge >= 0.3 is 0 Å². The van der Waals surface area contributed by atoms with Crippen LogP contribution in [0.2, 0.25) is 5.02 Å². The van der Waals surface area contributed by atoms with Crippen LogP contribution >= 0.6 is 22.9 Å². The van der Waals surface area contributed by atoms with E-state index >= 15 is 0 Å². The molecule has 1 aromatic heterocycles. The van der Waals surface area contributed by atoms with Gasteiger partial charge in [0.25, 0.3) is 5.91 Å². The van der Waals surface area contributed by atoms with Gasteiger partial charge in [-0.3, -0.25) is 9.69 Å². The number of rotatable bonds is 6. The maximum absolute atomic E-state index is 11.6. The summed E-state index contributed by atoms with van der Waals surface area (Å²) >= 11 is 7.58. The molecule has 3 rings (SSSR count). The van der Waals surface area contributed by atoms with Gasteiger partial charge in [-0.1, -0.05) is 35.9 Å².